The van der Waals surface area contributed by atoms with E-state index in [-0.39, 0.29) is 0 Å². The molecule has 100 valence electrons. The summed E-state index contributed by atoms with van der Waals surface area (Å²) in [5, 5.41) is 8.29. The molecule has 0 atom stereocenters. The van der Waals surface area contributed by atoms with E-state index in [4.69, 9.17) is 5.11 Å². The Morgan fingerprint density at radius 1 is 0.947 bits per heavy atom. The maximum Gasteiger partial charge on any atom is 0.0802 e. The first-order chi connectivity index (χ1) is 9.43. The second-order valence-electron chi connectivity index (χ2n) is 3.36. The Labute approximate surface area is 118 Å². The van der Waals surface area contributed by atoms with E-state index in [9.17, 15) is 0 Å². The van der Waals surface area contributed by atoms with Gasteiger partial charge in [0, 0.05) is 18.0 Å². The van der Waals surface area contributed by atoms with Gasteiger partial charge in [0.2, 0.25) is 0 Å². The molecule has 19 heavy (non-hydrogen) atoms. The van der Waals surface area contributed by atoms with Gasteiger partial charge in [0.05, 0.1) is 10.6 Å². The number of rotatable bonds is 1. The summed E-state index contributed by atoms with van der Waals surface area (Å²) in [6.45, 7) is 4.00. The van der Waals surface area contributed by atoms with Gasteiger partial charge in [-0.3, -0.25) is 4.98 Å². The van der Waals surface area contributed by atoms with Gasteiger partial charge in [-0.2, -0.15) is 0 Å². The van der Waals surface area contributed by atoms with Crippen LogP contribution in [0.2, 0.25) is 0 Å². The topological polar surface area (TPSA) is 33.1 Å². The van der Waals surface area contributed by atoms with Crippen LogP contribution in [-0.4, -0.2) is 17.2 Å². The lowest BCUT2D eigenvalue weighted by molar-refractivity contribution is 0.399. The van der Waals surface area contributed by atoms with Crippen molar-refractivity contribution in [3.05, 3.63) is 54.7 Å². The van der Waals surface area contributed by atoms with E-state index in [1.54, 1.807) is 11.3 Å². The van der Waals surface area contributed by atoms with Crippen molar-refractivity contribution < 1.29 is 5.11 Å². The summed E-state index contributed by atoms with van der Waals surface area (Å²) < 4.78 is 1.32. The van der Waals surface area contributed by atoms with Gasteiger partial charge in [0.15, 0.2) is 0 Å². The van der Waals surface area contributed by atoms with Crippen molar-refractivity contribution in [2.45, 2.75) is 13.8 Å². The molecule has 2 heterocycles. The molecular weight excluding hydrogens is 254 g/mol. The average Bonchev–Trinajstić information content (AvgIpc) is 2.96. The first-order valence-corrected chi connectivity index (χ1v) is 7.10. The van der Waals surface area contributed by atoms with E-state index >= 15 is 0 Å². The van der Waals surface area contributed by atoms with Crippen LogP contribution in [0.4, 0.5) is 0 Å². The number of benzene rings is 1. The molecule has 0 unspecified atom stereocenters. The number of fused-ring (bicyclic) bond motifs is 1. The van der Waals surface area contributed by atoms with Crippen LogP contribution in [0.15, 0.2) is 54.7 Å². The molecule has 0 aliphatic heterocycles. The van der Waals surface area contributed by atoms with Crippen molar-refractivity contribution in [3.8, 4) is 10.6 Å². The van der Waals surface area contributed by atoms with Gasteiger partial charge >= 0.3 is 0 Å². The minimum absolute atomic E-state index is 1.00. The third-order valence-electron chi connectivity index (χ3n) is 2.34. The highest BCUT2D eigenvalue weighted by atomic mass is 32.1. The summed E-state index contributed by atoms with van der Waals surface area (Å²) in [7, 11) is 1.00. The first kappa shape index (κ1) is 15.3. The molecule has 0 saturated carbocycles. The number of hydrogen-bond acceptors (Lipinski definition) is 3. The largest absolute Gasteiger partial charge is 0.400 e. The number of nitrogens with zero attached hydrogens (tertiary/aromatic N) is 1. The molecule has 0 spiro atoms. The Hall–Kier alpha value is -1.71. The lowest BCUT2D eigenvalue weighted by atomic mass is 10.2. The van der Waals surface area contributed by atoms with E-state index < -0.39 is 0 Å². The molecule has 2 aromatic heterocycles. The predicted molar refractivity (Wildman–Crippen MR) is 84.5 cm³/mol. The monoisotopic (exact) mass is 273 g/mol. The molecular formula is C16H19NOS. The van der Waals surface area contributed by atoms with E-state index in [1.165, 1.54) is 15.0 Å². The number of hydrogen-bond donors (Lipinski definition) is 1. The molecule has 1 aromatic carbocycles. The number of aliphatic hydroxyl groups excluding tert-OH is 1. The smallest absolute Gasteiger partial charge is 0.0802 e. The highest BCUT2D eigenvalue weighted by Crippen LogP contribution is 2.31. The van der Waals surface area contributed by atoms with Crippen LogP contribution in [0.3, 0.4) is 0 Å². The van der Waals surface area contributed by atoms with E-state index in [2.05, 4.69) is 35.3 Å². The molecule has 0 aliphatic carbocycles. The summed E-state index contributed by atoms with van der Waals surface area (Å²) in [5.74, 6) is 0. The Bertz CT molecular complexity index is 557. The zero-order valence-corrected chi connectivity index (χ0v) is 12.3. The number of pyridine rings is 1. The predicted octanol–water partition coefficient (Wildman–Crippen LogP) is 4.60. The summed E-state index contributed by atoms with van der Waals surface area (Å²) in [6, 6.07) is 16.6. The molecule has 0 radical (unpaired) electrons. The lowest BCUT2D eigenvalue weighted by Gasteiger charge is -1.92. The summed E-state index contributed by atoms with van der Waals surface area (Å²) in [4.78, 5) is 5.59. The van der Waals surface area contributed by atoms with E-state index in [1.807, 2.05) is 38.2 Å². The highest BCUT2D eigenvalue weighted by Gasteiger charge is 2.03. The van der Waals surface area contributed by atoms with Crippen LogP contribution in [0.5, 0.6) is 0 Å². The summed E-state index contributed by atoms with van der Waals surface area (Å²) in [6.07, 6.45) is 1.83. The second kappa shape index (κ2) is 8.40. The van der Waals surface area contributed by atoms with Gasteiger partial charge in [0.1, 0.15) is 0 Å². The molecule has 3 rings (SSSR count). The van der Waals surface area contributed by atoms with Gasteiger partial charge in [-0.15, -0.1) is 11.3 Å². The van der Waals surface area contributed by atoms with Crippen LogP contribution in [0, 0.1) is 0 Å². The SMILES string of the molecule is CC.CO.c1ccc(-c2cc3ccccc3s2)nc1. The third-order valence-corrected chi connectivity index (χ3v) is 3.48. The van der Waals surface area contributed by atoms with Crippen molar-refractivity contribution in [1.82, 2.24) is 4.98 Å². The standard InChI is InChI=1S/C13H9NS.C2H6.CH4O/c1-2-7-12-10(5-1)9-13(15-12)11-6-3-4-8-14-11;2*1-2/h1-9H;1-2H3;2H,1H3. The van der Waals surface area contributed by atoms with Crippen LogP contribution in [0.25, 0.3) is 20.7 Å². The molecule has 2 nitrogen and oxygen atoms in total. The van der Waals surface area contributed by atoms with Gasteiger partial charge in [-0.1, -0.05) is 38.1 Å². The zero-order chi connectivity index (χ0) is 14.1. The zero-order valence-electron chi connectivity index (χ0n) is 11.5. The van der Waals surface area contributed by atoms with E-state index in [0.29, 0.717) is 0 Å². The van der Waals surface area contributed by atoms with Gasteiger partial charge < -0.3 is 5.11 Å². The van der Waals surface area contributed by atoms with E-state index in [0.717, 1.165) is 12.8 Å². The minimum atomic E-state index is 1.00. The maximum absolute atomic E-state index is 7.00. The lowest BCUT2D eigenvalue weighted by Crippen LogP contribution is -1.75. The Balaban J connectivity index is 0.000000415. The second-order valence-corrected chi connectivity index (χ2v) is 4.45. The van der Waals surface area contributed by atoms with Crippen LogP contribution in [0.1, 0.15) is 13.8 Å². The Morgan fingerprint density at radius 3 is 2.26 bits per heavy atom. The van der Waals surface area contributed by atoms with Crippen molar-refractivity contribution in [2.24, 2.45) is 0 Å². The highest BCUT2D eigenvalue weighted by molar-refractivity contribution is 7.22. The normalized spacial score (nSPS) is 9.05. The van der Waals surface area contributed by atoms with Gasteiger partial charge in [-0.25, -0.2) is 0 Å². The molecule has 1 N–H and O–H groups in total. The summed E-state index contributed by atoms with van der Waals surface area (Å²) in [5.41, 5.74) is 1.05. The molecule has 0 aliphatic rings. The Morgan fingerprint density at radius 2 is 1.63 bits per heavy atom. The molecule has 0 amide bonds. The quantitative estimate of drug-likeness (QED) is 0.703. The van der Waals surface area contributed by atoms with Crippen molar-refractivity contribution >= 4 is 21.4 Å². The molecule has 3 aromatic rings. The fraction of sp³-hybridized carbons (Fsp3) is 0.188. The van der Waals surface area contributed by atoms with Crippen molar-refractivity contribution in [2.75, 3.05) is 7.11 Å². The van der Waals surface area contributed by atoms with Crippen LogP contribution >= 0.6 is 11.3 Å². The van der Waals surface area contributed by atoms with Gasteiger partial charge in [-0.05, 0) is 29.7 Å². The van der Waals surface area contributed by atoms with Crippen molar-refractivity contribution in [1.29, 1.82) is 0 Å². The maximum atomic E-state index is 7.00. The van der Waals surface area contributed by atoms with Gasteiger partial charge in [0.25, 0.3) is 0 Å². The fourth-order valence-corrected chi connectivity index (χ4v) is 2.66. The third kappa shape index (κ3) is 3.88. The molecule has 0 saturated heterocycles. The summed E-state index contributed by atoms with van der Waals surface area (Å²) >= 11 is 1.79. The minimum Gasteiger partial charge on any atom is -0.400 e. The number of thiophene rings is 1. The Kier molecular flexibility index (Phi) is 6.79. The van der Waals surface area contributed by atoms with Crippen molar-refractivity contribution in [3.63, 3.8) is 0 Å². The van der Waals surface area contributed by atoms with Crippen LogP contribution < -0.4 is 0 Å². The first-order valence-electron chi connectivity index (χ1n) is 6.28. The molecule has 0 fully saturated rings. The number of aromatic nitrogens is 1. The molecule has 3 heteroatoms. The average molecular weight is 273 g/mol. The number of aliphatic hydroxyl groups is 1. The molecule has 0 bridgehead atoms. The van der Waals surface area contributed by atoms with Crippen LogP contribution in [-0.2, 0) is 0 Å². The fourth-order valence-electron chi connectivity index (χ4n) is 1.62.